The van der Waals surface area contributed by atoms with Crippen LogP contribution in [0.4, 0.5) is 22.0 Å². The van der Waals surface area contributed by atoms with Crippen LogP contribution in [0, 0.1) is 11.6 Å². The molecule has 0 bridgehead atoms. The number of carbonyl (C=O) groups excluding carboxylic acids is 1. The van der Waals surface area contributed by atoms with Crippen molar-refractivity contribution in [2.75, 3.05) is 0 Å². The molecular formula is C14H7F5O. The van der Waals surface area contributed by atoms with Crippen molar-refractivity contribution in [3.05, 3.63) is 59.2 Å². The van der Waals surface area contributed by atoms with Gasteiger partial charge < -0.3 is 0 Å². The topological polar surface area (TPSA) is 17.1 Å². The Morgan fingerprint density at radius 1 is 0.800 bits per heavy atom. The number of rotatable bonds is 2. The van der Waals surface area contributed by atoms with Crippen molar-refractivity contribution >= 4 is 6.29 Å². The molecule has 0 spiro atoms. The second-order valence-corrected chi connectivity index (χ2v) is 4.12. The average molecular weight is 286 g/mol. The minimum atomic E-state index is -4.71. The third-order valence-electron chi connectivity index (χ3n) is 2.61. The maximum atomic E-state index is 13.3. The molecular weight excluding hydrogens is 279 g/mol. The van der Waals surface area contributed by atoms with E-state index in [1.54, 1.807) is 0 Å². The van der Waals surface area contributed by atoms with Crippen LogP contribution in [0.5, 0.6) is 0 Å². The van der Waals surface area contributed by atoms with E-state index in [9.17, 15) is 26.7 Å². The van der Waals surface area contributed by atoms with Crippen LogP contribution < -0.4 is 0 Å². The summed E-state index contributed by atoms with van der Waals surface area (Å²) < 4.78 is 64.3. The van der Waals surface area contributed by atoms with E-state index >= 15 is 0 Å². The van der Waals surface area contributed by atoms with Crippen molar-refractivity contribution < 1.29 is 26.7 Å². The fourth-order valence-corrected chi connectivity index (χ4v) is 1.77. The highest BCUT2D eigenvalue weighted by Gasteiger charge is 2.31. The molecule has 104 valence electrons. The van der Waals surface area contributed by atoms with Crippen molar-refractivity contribution in [1.82, 2.24) is 0 Å². The van der Waals surface area contributed by atoms with Gasteiger partial charge in [0, 0.05) is 5.56 Å². The monoisotopic (exact) mass is 286 g/mol. The molecule has 0 heterocycles. The van der Waals surface area contributed by atoms with Gasteiger partial charge in [0.1, 0.15) is 17.9 Å². The maximum Gasteiger partial charge on any atom is 0.416 e. The standard InChI is InChI=1S/C14H7F5O/c15-12-2-8(7-20)1-9(4-12)10-3-11(14(17,18)19)6-13(16)5-10/h1-7H. The van der Waals surface area contributed by atoms with E-state index in [2.05, 4.69) is 0 Å². The highest BCUT2D eigenvalue weighted by molar-refractivity contribution is 5.79. The van der Waals surface area contributed by atoms with Gasteiger partial charge >= 0.3 is 6.18 Å². The number of hydrogen-bond donors (Lipinski definition) is 0. The Morgan fingerprint density at radius 3 is 1.90 bits per heavy atom. The zero-order valence-electron chi connectivity index (χ0n) is 9.84. The Morgan fingerprint density at radius 2 is 1.35 bits per heavy atom. The lowest BCUT2D eigenvalue weighted by Gasteiger charge is -2.10. The molecule has 20 heavy (non-hydrogen) atoms. The fourth-order valence-electron chi connectivity index (χ4n) is 1.77. The Balaban J connectivity index is 2.61. The Hall–Kier alpha value is -2.24. The molecule has 0 aliphatic heterocycles. The van der Waals surface area contributed by atoms with Crippen LogP contribution in [-0.2, 0) is 6.18 Å². The molecule has 0 aliphatic rings. The second-order valence-electron chi connectivity index (χ2n) is 4.12. The second kappa shape index (κ2) is 5.03. The molecule has 0 amide bonds. The molecule has 2 aromatic carbocycles. The summed E-state index contributed by atoms with van der Waals surface area (Å²) in [4.78, 5) is 10.6. The van der Waals surface area contributed by atoms with Crippen molar-refractivity contribution in [1.29, 1.82) is 0 Å². The van der Waals surface area contributed by atoms with E-state index in [-0.39, 0.29) is 16.7 Å². The van der Waals surface area contributed by atoms with Gasteiger partial charge in [-0.05, 0) is 47.5 Å². The normalized spacial score (nSPS) is 11.4. The molecule has 0 atom stereocenters. The minimum Gasteiger partial charge on any atom is -0.298 e. The summed E-state index contributed by atoms with van der Waals surface area (Å²) in [5, 5.41) is 0. The lowest BCUT2D eigenvalue weighted by atomic mass is 10.0. The van der Waals surface area contributed by atoms with E-state index in [1.165, 1.54) is 6.07 Å². The molecule has 0 N–H and O–H groups in total. The van der Waals surface area contributed by atoms with E-state index in [1.807, 2.05) is 0 Å². The number of halogens is 5. The summed E-state index contributed by atoms with van der Waals surface area (Å²) in [6.07, 6.45) is -4.35. The first kappa shape index (κ1) is 14.2. The molecule has 0 saturated heterocycles. The summed E-state index contributed by atoms with van der Waals surface area (Å²) in [6, 6.07) is 4.95. The van der Waals surface area contributed by atoms with Crippen molar-refractivity contribution in [3.8, 4) is 11.1 Å². The van der Waals surface area contributed by atoms with Gasteiger partial charge in [0.2, 0.25) is 0 Å². The third kappa shape index (κ3) is 3.01. The first-order valence-corrected chi connectivity index (χ1v) is 5.43. The highest BCUT2D eigenvalue weighted by atomic mass is 19.4. The van der Waals surface area contributed by atoms with Gasteiger partial charge in [-0.15, -0.1) is 0 Å². The third-order valence-corrected chi connectivity index (χ3v) is 2.61. The van der Waals surface area contributed by atoms with Crippen LogP contribution in [0.3, 0.4) is 0 Å². The first-order chi connectivity index (χ1) is 9.29. The Bertz CT molecular complexity index is 661. The summed E-state index contributed by atoms with van der Waals surface area (Å²) in [5.74, 6) is -1.88. The molecule has 2 rings (SSSR count). The van der Waals surface area contributed by atoms with Crippen molar-refractivity contribution in [3.63, 3.8) is 0 Å². The predicted molar refractivity (Wildman–Crippen MR) is 62.2 cm³/mol. The van der Waals surface area contributed by atoms with Gasteiger partial charge in [-0.3, -0.25) is 4.79 Å². The Labute approximate surface area is 110 Å². The zero-order chi connectivity index (χ0) is 14.9. The van der Waals surface area contributed by atoms with Crippen LogP contribution in [0.25, 0.3) is 11.1 Å². The zero-order valence-corrected chi connectivity index (χ0v) is 9.84. The van der Waals surface area contributed by atoms with Crippen molar-refractivity contribution in [2.24, 2.45) is 0 Å². The summed E-state index contributed by atoms with van der Waals surface area (Å²) in [6.45, 7) is 0. The highest BCUT2D eigenvalue weighted by Crippen LogP contribution is 2.33. The van der Waals surface area contributed by atoms with E-state index in [0.29, 0.717) is 18.4 Å². The van der Waals surface area contributed by atoms with E-state index in [0.717, 1.165) is 18.2 Å². The lowest BCUT2D eigenvalue weighted by molar-refractivity contribution is -0.137. The summed E-state index contributed by atoms with van der Waals surface area (Å²) in [5.41, 5.74) is -1.38. The number of hydrogen-bond acceptors (Lipinski definition) is 1. The van der Waals surface area contributed by atoms with Gasteiger partial charge in [0.15, 0.2) is 0 Å². The van der Waals surface area contributed by atoms with E-state index in [4.69, 9.17) is 0 Å². The van der Waals surface area contributed by atoms with Crippen LogP contribution in [-0.4, -0.2) is 6.29 Å². The summed E-state index contributed by atoms with van der Waals surface area (Å²) >= 11 is 0. The van der Waals surface area contributed by atoms with Gasteiger partial charge in [0.25, 0.3) is 0 Å². The molecule has 0 fully saturated rings. The van der Waals surface area contributed by atoms with Gasteiger partial charge in [-0.2, -0.15) is 13.2 Å². The Kier molecular flexibility index (Phi) is 3.57. The number of benzene rings is 2. The van der Waals surface area contributed by atoms with Gasteiger partial charge in [0.05, 0.1) is 5.56 Å². The SMILES string of the molecule is O=Cc1cc(F)cc(-c2cc(F)cc(C(F)(F)F)c2)c1. The average Bonchev–Trinajstić information content (AvgIpc) is 2.36. The number of alkyl halides is 3. The van der Waals surface area contributed by atoms with Gasteiger partial charge in [-0.1, -0.05) is 0 Å². The molecule has 0 aromatic heterocycles. The molecule has 1 nitrogen and oxygen atoms in total. The predicted octanol–water partition coefficient (Wildman–Crippen LogP) is 4.46. The lowest BCUT2D eigenvalue weighted by Crippen LogP contribution is -2.05. The van der Waals surface area contributed by atoms with Crippen LogP contribution in [0.15, 0.2) is 36.4 Å². The van der Waals surface area contributed by atoms with E-state index < -0.39 is 23.4 Å². The van der Waals surface area contributed by atoms with Crippen LogP contribution >= 0.6 is 0 Å². The van der Waals surface area contributed by atoms with Crippen LogP contribution in [0.2, 0.25) is 0 Å². The largest absolute Gasteiger partial charge is 0.416 e. The summed E-state index contributed by atoms with van der Waals surface area (Å²) in [7, 11) is 0. The maximum absolute atomic E-state index is 13.3. The quantitative estimate of drug-likeness (QED) is 0.588. The first-order valence-electron chi connectivity index (χ1n) is 5.43. The van der Waals surface area contributed by atoms with Gasteiger partial charge in [-0.25, -0.2) is 8.78 Å². The van der Waals surface area contributed by atoms with Crippen molar-refractivity contribution in [2.45, 2.75) is 6.18 Å². The molecule has 0 radical (unpaired) electrons. The number of aldehydes is 1. The number of carbonyl (C=O) groups is 1. The molecule has 2 aromatic rings. The molecule has 0 unspecified atom stereocenters. The smallest absolute Gasteiger partial charge is 0.298 e. The van der Waals surface area contributed by atoms with Crippen LogP contribution in [0.1, 0.15) is 15.9 Å². The molecule has 0 aliphatic carbocycles. The minimum absolute atomic E-state index is 0.00269. The molecule has 0 saturated carbocycles. The fraction of sp³-hybridized carbons (Fsp3) is 0.0714. The molecule has 6 heteroatoms.